The van der Waals surface area contributed by atoms with Gasteiger partial charge in [-0.25, -0.2) is 9.97 Å². The molecule has 0 radical (unpaired) electrons. The van der Waals surface area contributed by atoms with E-state index in [1.54, 1.807) is 11.3 Å². The second-order valence-corrected chi connectivity index (χ2v) is 8.79. The van der Waals surface area contributed by atoms with Gasteiger partial charge in [-0.2, -0.15) is 0 Å². The molecule has 3 aromatic rings. The molecule has 7 heteroatoms. The average molecular weight is 408 g/mol. The zero-order chi connectivity index (χ0) is 19.8. The predicted octanol–water partition coefficient (Wildman–Crippen LogP) is 3.47. The Bertz CT molecular complexity index is 1010. The summed E-state index contributed by atoms with van der Waals surface area (Å²) in [6, 6.07) is 10.6. The van der Waals surface area contributed by atoms with E-state index in [4.69, 9.17) is 4.98 Å². The molecule has 5 rings (SSSR count). The van der Waals surface area contributed by atoms with E-state index in [0.29, 0.717) is 12.1 Å². The number of carbonyl (C=O) groups excluding carboxylic acids is 1. The van der Waals surface area contributed by atoms with Gasteiger partial charge in [0, 0.05) is 49.2 Å². The van der Waals surface area contributed by atoms with Crippen LogP contribution in [0.2, 0.25) is 0 Å². The highest BCUT2D eigenvalue weighted by molar-refractivity contribution is 7.09. The predicted molar refractivity (Wildman–Crippen MR) is 117 cm³/mol. The molecule has 2 fully saturated rings. The summed E-state index contributed by atoms with van der Waals surface area (Å²) in [4.78, 5) is 27.0. The van der Waals surface area contributed by atoms with Crippen molar-refractivity contribution in [2.24, 2.45) is 0 Å². The third-order valence-corrected chi connectivity index (χ3v) is 6.80. The molecular weight excluding hydrogens is 382 g/mol. The number of amides is 1. The number of rotatable bonds is 5. The number of carbonyl (C=O) groups is 1. The van der Waals surface area contributed by atoms with Crippen LogP contribution in [0.1, 0.15) is 41.2 Å². The first kappa shape index (κ1) is 18.5. The Morgan fingerprint density at radius 2 is 2.00 bits per heavy atom. The number of anilines is 1. The van der Waals surface area contributed by atoms with Crippen molar-refractivity contribution < 1.29 is 4.79 Å². The molecule has 1 aliphatic carbocycles. The van der Waals surface area contributed by atoms with Crippen molar-refractivity contribution in [3.8, 4) is 0 Å². The van der Waals surface area contributed by atoms with Crippen molar-refractivity contribution >= 4 is 34.0 Å². The van der Waals surface area contributed by atoms with Crippen LogP contribution >= 0.6 is 11.3 Å². The highest BCUT2D eigenvalue weighted by Gasteiger charge is 2.27. The van der Waals surface area contributed by atoms with Gasteiger partial charge in [-0.3, -0.25) is 9.69 Å². The van der Waals surface area contributed by atoms with Gasteiger partial charge < -0.3 is 10.2 Å². The largest absolute Gasteiger partial charge is 0.354 e. The van der Waals surface area contributed by atoms with Crippen molar-refractivity contribution in [3.63, 3.8) is 0 Å². The molecule has 6 nitrogen and oxygen atoms in total. The molecule has 3 heterocycles. The summed E-state index contributed by atoms with van der Waals surface area (Å²) >= 11 is 1.72. The van der Waals surface area contributed by atoms with Crippen LogP contribution in [0.5, 0.6) is 0 Å². The summed E-state index contributed by atoms with van der Waals surface area (Å²) in [6.45, 7) is 5.93. The fraction of sp³-hybridized carbons (Fsp3) is 0.409. The normalized spacial score (nSPS) is 18.7. The van der Waals surface area contributed by atoms with E-state index >= 15 is 0 Å². The van der Waals surface area contributed by atoms with Crippen LogP contribution in [0, 0.1) is 0 Å². The molecule has 29 heavy (non-hydrogen) atoms. The topological polar surface area (TPSA) is 61.4 Å². The number of nitrogens with zero attached hydrogens (tertiary/aromatic N) is 4. The third-order valence-electron chi connectivity index (χ3n) is 5.85. The Kier molecular flexibility index (Phi) is 4.93. The molecule has 1 aliphatic heterocycles. The maximum Gasteiger partial charge on any atom is 0.252 e. The minimum absolute atomic E-state index is 0.0170. The molecule has 1 saturated carbocycles. The lowest BCUT2D eigenvalue weighted by Crippen LogP contribution is -2.47. The van der Waals surface area contributed by atoms with Crippen molar-refractivity contribution in [2.45, 2.75) is 31.8 Å². The van der Waals surface area contributed by atoms with Crippen LogP contribution in [0.15, 0.2) is 41.9 Å². The fourth-order valence-electron chi connectivity index (χ4n) is 3.94. The number of aromatic nitrogens is 2. The number of hydrogen-bond donors (Lipinski definition) is 1. The van der Waals surface area contributed by atoms with Crippen LogP contribution in [-0.4, -0.2) is 53.0 Å². The zero-order valence-corrected chi connectivity index (χ0v) is 17.4. The summed E-state index contributed by atoms with van der Waals surface area (Å²) in [5.41, 5.74) is 1.61. The highest BCUT2D eigenvalue weighted by atomic mass is 32.1. The number of fused-ring (bicyclic) bond motifs is 1. The van der Waals surface area contributed by atoms with Crippen LogP contribution in [0.4, 0.5) is 5.82 Å². The number of pyridine rings is 1. The van der Waals surface area contributed by atoms with Crippen molar-refractivity contribution in [1.29, 1.82) is 0 Å². The van der Waals surface area contributed by atoms with Gasteiger partial charge in [0.15, 0.2) is 0 Å². The van der Waals surface area contributed by atoms with E-state index in [0.717, 1.165) is 61.3 Å². The molecular formula is C22H25N5OS. The summed E-state index contributed by atoms with van der Waals surface area (Å²) < 4.78 is 0. The number of nitrogens with one attached hydrogen (secondary N) is 1. The standard InChI is InChI=1S/C22H25N5OS/c1-15(22-23-8-13-29-22)26-9-11-27(12-10-26)20-14-18(21(28)24-16-6-7-16)17-4-2-3-5-19(17)25-20/h2-5,8,13-16H,6-7,9-12H2,1H3,(H,24,28). The molecule has 0 spiro atoms. The first-order valence-corrected chi connectivity index (χ1v) is 11.2. The van der Waals surface area contributed by atoms with E-state index < -0.39 is 0 Å². The van der Waals surface area contributed by atoms with Crippen molar-refractivity contribution in [3.05, 3.63) is 52.5 Å². The number of benzene rings is 1. The second kappa shape index (κ2) is 7.72. The molecule has 1 N–H and O–H groups in total. The molecule has 2 aliphatic rings. The van der Waals surface area contributed by atoms with Gasteiger partial charge >= 0.3 is 0 Å². The van der Waals surface area contributed by atoms with E-state index in [2.05, 4.69) is 27.0 Å². The summed E-state index contributed by atoms with van der Waals surface area (Å²) in [7, 11) is 0. The zero-order valence-electron chi connectivity index (χ0n) is 16.5. The van der Waals surface area contributed by atoms with Crippen molar-refractivity contribution in [2.75, 3.05) is 31.1 Å². The van der Waals surface area contributed by atoms with Crippen molar-refractivity contribution in [1.82, 2.24) is 20.2 Å². The second-order valence-electron chi connectivity index (χ2n) is 7.86. The first-order chi connectivity index (χ1) is 14.2. The lowest BCUT2D eigenvalue weighted by Gasteiger charge is -2.38. The maximum atomic E-state index is 12.8. The van der Waals surface area contributed by atoms with Gasteiger partial charge in [0.25, 0.3) is 5.91 Å². The Labute approximate surface area is 174 Å². The Morgan fingerprint density at radius 3 is 2.72 bits per heavy atom. The van der Waals surface area contributed by atoms with E-state index in [9.17, 15) is 4.79 Å². The number of piperazine rings is 1. The lowest BCUT2D eigenvalue weighted by molar-refractivity contribution is 0.0952. The quantitative estimate of drug-likeness (QED) is 0.702. The maximum absolute atomic E-state index is 12.8. The fourth-order valence-corrected chi connectivity index (χ4v) is 4.67. The summed E-state index contributed by atoms with van der Waals surface area (Å²) in [5.74, 6) is 0.912. The molecule has 1 aromatic carbocycles. The Morgan fingerprint density at radius 1 is 1.21 bits per heavy atom. The monoisotopic (exact) mass is 407 g/mol. The molecule has 0 bridgehead atoms. The first-order valence-electron chi connectivity index (χ1n) is 10.3. The van der Waals surface area contributed by atoms with Crippen LogP contribution in [-0.2, 0) is 0 Å². The molecule has 150 valence electrons. The minimum Gasteiger partial charge on any atom is -0.354 e. The highest BCUT2D eigenvalue weighted by Crippen LogP contribution is 2.28. The van der Waals surface area contributed by atoms with Crippen LogP contribution in [0.3, 0.4) is 0 Å². The van der Waals surface area contributed by atoms with Gasteiger partial charge in [-0.05, 0) is 31.9 Å². The summed E-state index contributed by atoms with van der Waals surface area (Å²) in [5, 5.41) is 7.26. The molecule has 1 amide bonds. The summed E-state index contributed by atoms with van der Waals surface area (Å²) in [6.07, 6.45) is 4.04. The smallest absolute Gasteiger partial charge is 0.252 e. The van der Waals surface area contributed by atoms with Crippen LogP contribution in [0.25, 0.3) is 10.9 Å². The molecule has 1 atom stereocenters. The van der Waals surface area contributed by atoms with E-state index in [-0.39, 0.29) is 5.91 Å². The van der Waals surface area contributed by atoms with E-state index in [1.165, 1.54) is 5.01 Å². The molecule has 2 aromatic heterocycles. The van der Waals surface area contributed by atoms with Gasteiger partial charge in [-0.1, -0.05) is 18.2 Å². The van der Waals surface area contributed by atoms with Gasteiger partial charge in [0.2, 0.25) is 0 Å². The van der Waals surface area contributed by atoms with E-state index in [1.807, 2.05) is 41.9 Å². The van der Waals surface area contributed by atoms with Gasteiger partial charge in [0.1, 0.15) is 10.8 Å². The third kappa shape index (κ3) is 3.84. The number of thiazole rings is 1. The molecule has 1 saturated heterocycles. The molecule has 1 unspecified atom stereocenters. The minimum atomic E-state index is 0.0170. The Hall–Kier alpha value is -2.51. The SMILES string of the molecule is CC(c1nccs1)N1CCN(c2cc(C(=O)NC3CC3)c3ccccc3n2)CC1. The van der Waals surface area contributed by atoms with Gasteiger partial charge in [-0.15, -0.1) is 11.3 Å². The number of hydrogen-bond acceptors (Lipinski definition) is 6. The average Bonchev–Trinajstić information content (AvgIpc) is 3.40. The lowest BCUT2D eigenvalue weighted by atomic mass is 10.1. The van der Waals surface area contributed by atoms with Gasteiger partial charge in [0.05, 0.1) is 17.1 Å². The Balaban J connectivity index is 1.37. The van der Waals surface area contributed by atoms with Crippen LogP contribution < -0.4 is 10.2 Å². The number of para-hydroxylation sites is 1.